The summed E-state index contributed by atoms with van der Waals surface area (Å²) in [6.07, 6.45) is 4.73. The van der Waals surface area contributed by atoms with E-state index >= 15 is 0 Å². The average molecular weight is 318 g/mol. The quantitative estimate of drug-likeness (QED) is 0.853. The molecule has 4 atom stereocenters. The molecule has 23 heavy (non-hydrogen) atoms. The average Bonchev–Trinajstić information content (AvgIpc) is 3.04. The molecule has 2 saturated carbocycles. The molecule has 2 aliphatic rings. The Labute approximate surface area is 138 Å². The van der Waals surface area contributed by atoms with E-state index in [9.17, 15) is 9.18 Å². The Bertz CT molecular complexity index is 587. The molecule has 0 spiro atoms. The van der Waals surface area contributed by atoms with Crippen molar-refractivity contribution >= 4 is 5.91 Å². The predicted molar refractivity (Wildman–Crippen MR) is 89.9 cm³/mol. The number of fused-ring (bicyclic) bond motifs is 1. The van der Waals surface area contributed by atoms with Crippen molar-refractivity contribution in [2.24, 2.45) is 11.8 Å². The fraction of sp³-hybridized carbons (Fsp3) is 0.632. The van der Waals surface area contributed by atoms with Crippen LogP contribution in [0.5, 0.6) is 0 Å². The van der Waals surface area contributed by atoms with Crippen LogP contribution in [-0.4, -0.2) is 48.9 Å². The van der Waals surface area contributed by atoms with Crippen LogP contribution < -0.4 is 0 Å². The first kappa shape index (κ1) is 16.4. The van der Waals surface area contributed by atoms with Gasteiger partial charge in [0.1, 0.15) is 5.82 Å². The minimum atomic E-state index is -0.285. The van der Waals surface area contributed by atoms with Crippen molar-refractivity contribution in [1.29, 1.82) is 0 Å². The summed E-state index contributed by atoms with van der Waals surface area (Å²) < 4.78 is 13.2. The van der Waals surface area contributed by atoms with Crippen LogP contribution in [0, 0.1) is 24.6 Å². The maximum Gasteiger partial charge on any atom is 0.254 e. The van der Waals surface area contributed by atoms with Gasteiger partial charge in [0.2, 0.25) is 0 Å². The van der Waals surface area contributed by atoms with E-state index in [4.69, 9.17) is 0 Å². The number of carbonyl (C=O) groups excluding carboxylic acids is 1. The molecule has 0 radical (unpaired) electrons. The van der Waals surface area contributed by atoms with Crippen molar-refractivity contribution in [2.75, 3.05) is 21.1 Å². The number of hydrogen-bond donors (Lipinski definition) is 0. The van der Waals surface area contributed by atoms with Crippen molar-refractivity contribution in [3.8, 4) is 0 Å². The van der Waals surface area contributed by atoms with E-state index in [0.717, 1.165) is 24.7 Å². The number of carbonyl (C=O) groups is 1. The van der Waals surface area contributed by atoms with Gasteiger partial charge in [-0.15, -0.1) is 0 Å². The number of aryl methyl sites for hydroxylation is 1. The van der Waals surface area contributed by atoms with E-state index in [1.54, 1.807) is 13.0 Å². The third kappa shape index (κ3) is 3.14. The molecule has 2 aliphatic carbocycles. The van der Waals surface area contributed by atoms with Crippen molar-refractivity contribution in [3.05, 3.63) is 35.1 Å². The van der Waals surface area contributed by atoms with E-state index in [2.05, 4.69) is 19.0 Å². The lowest BCUT2D eigenvalue weighted by Gasteiger charge is -2.27. The third-order valence-corrected chi connectivity index (χ3v) is 5.98. The summed E-state index contributed by atoms with van der Waals surface area (Å²) in [5, 5.41) is 0. The van der Waals surface area contributed by atoms with Gasteiger partial charge in [0.05, 0.1) is 0 Å². The molecule has 4 heteroatoms. The van der Waals surface area contributed by atoms with Gasteiger partial charge in [-0.3, -0.25) is 4.79 Å². The van der Waals surface area contributed by atoms with Gasteiger partial charge >= 0.3 is 0 Å². The molecule has 1 aromatic carbocycles. The number of nitrogens with zero attached hydrogens (tertiary/aromatic N) is 2. The maximum atomic E-state index is 13.2. The molecule has 3 nitrogen and oxygen atoms in total. The van der Waals surface area contributed by atoms with Crippen molar-refractivity contribution in [2.45, 2.75) is 44.7 Å². The molecule has 0 saturated heterocycles. The molecule has 126 valence electrons. The van der Waals surface area contributed by atoms with E-state index in [-0.39, 0.29) is 11.7 Å². The van der Waals surface area contributed by atoms with Crippen LogP contribution in [0.1, 0.15) is 41.6 Å². The predicted octanol–water partition coefficient (Wildman–Crippen LogP) is 3.32. The second-order valence-electron chi connectivity index (χ2n) is 7.61. The second-order valence-corrected chi connectivity index (χ2v) is 7.61. The smallest absolute Gasteiger partial charge is 0.254 e. The fourth-order valence-electron chi connectivity index (χ4n) is 4.51. The van der Waals surface area contributed by atoms with Gasteiger partial charge in [0.25, 0.3) is 5.91 Å². The van der Waals surface area contributed by atoms with E-state index in [1.165, 1.54) is 25.0 Å². The SMILES string of the molecule is Cc1cc(F)ccc1C(=O)N(C)C1C[C@H]2CC(N(C)C)C[C@H]2C1. The van der Waals surface area contributed by atoms with Crippen LogP contribution >= 0.6 is 0 Å². The summed E-state index contributed by atoms with van der Waals surface area (Å²) in [5.41, 5.74) is 1.34. The molecule has 0 heterocycles. The highest BCUT2D eigenvalue weighted by atomic mass is 19.1. The highest BCUT2D eigenvalue weighted by Gasteiger charge is 2.44. The van der Waals surface area contributed by atoms with E-state index in [0.29, 0.717) is 23.2 Å². The van der Waals surface area contributed by atoms with Crippen molar-refractivity contribution in [3.63, 3.8) is 0 Å². The normalized spacial score (nSPS) is 29.8. The van der Waals surface area contributed by atoms with Crippen LogP contribution in [-0.2, 0) is 0 Å². The summed E-state index contributed by atoms with van der Waals surface area (Å²) >= 11 is 0. The van der Waals surface area contributed by atoms with Gasteiger partial charge in [-0.1, -0.05) is 0 Å². The molecule has 1 amide bonds. The first-order valence-electron chi connectivity index (χ1n) is 8.56. The van der Waals surface area contributed by atoms with Crippen molar-refractivity contribution in [1.82, 2.24) is 9.80 Å². The Balaban J connectivity index is 1.66. The zero-order chi connectivity index (χ0) is 16.7. The molecule has 2 unspecified atom stereocenters. The number of halogens is 1. The van der Waals surface area contributed by atoms with Gasteiger partial charge in [-0.05, 0) is 82.3 Å². The van der Waals surface area contributed by atoms with Gasteiger partial charge in [0, 0.05) is 24.7 Å². The number of rotatable bonds is 3. The molecule has 0 aliphatic heterocycles. The minimum Gasteiger partial charge on any atom is -0.339 e. The number of benzene rings is 1. The van der Waals surface area contributed by atoms with Gasteiger partial charge in [-0.25, -0.2) is 4.39 Å². The zero-order valence-corrected chi connectivity index (χ0v) is 14.6. The Morgan fingerprint density at radius 2 is 1.61 bits per heavy atom. The first-order valence-corrected chi connectivity index (χ1v) is 8.56. The van der Waals surface area contributed by atoms with Gasteiger partial charge < -0.3 is 9.80 Å². The molecule has 0 aromatic heterocycles. The minimum absolute atomic E-state index is 0.0247. The third-order valence-electron chi connectivity index (χ3n) is 5.98. The van der Waals surface area contributed by atoms with Crippen molar-refractivity contribution < 1.29 is 9.18 Å². The van der Waals surface area contributed by atoms with Crippen LogP contribution in [0.15, 0.2) is 18.2 Å². The number of amides is 1. The fourth-order valence-corrected chi connectivity index (χ4v) is 4.51. The number of hydrogen-bond acceptors (Lipinski definition) is 2. The molecule has 3 rings (SSSR count). The lowest BCUT2D eigenvalue weighted by molar-refractivity contribution is 0.0725. The largest absolute Gasteiger partial charge is 0.339 e. The summed E-state index contributed by atoms with van der Waals surface area (Å²) in [4.78, 5) is 17.0. The molecule has 0 bridgehead atoms. The lowest BCUT2D eigenvalue weighted by atomic mass is 10.0. The molecule has 1 aromatic rings. The Morgan fingerprint density at radius 1 is 1.04 bits per heavy atom. The second kappa shape index (κ2) is 6.23. The topological polar surface area (TPSA) is 23.6 Å². The lowest BCUT2D eigenvalue weighted by Crippen LogP contribution is -2.36. The van der Waals surface area contributed by atoms with E-state index in [1.807, 2.05) is 11.9 Å². The zero-order valence-electron chi connectivity index (χ0n) is 14.6. The first-order chi connectivity index (χ1) is 10.9. The van der Waals surface area contributed by atoms with Crippen LogP contribution in [0.3, 0.4) is 0 Å². The summed E-state index contributed by atoms with van der Waals surface area (Å²) in [7, 11) is 6.23. The molecule has 2 fully saturated rings. The van der Waals surface area contributed by atoms with Crippen LogP contribution in [0.25, 0.3) is 0 Å². The maximum absolute atomic E-state index is 13.2. The highest BCUT2D eigenvalue weighted by Crippen LogP contribution is 2.46. The summed E-state index contributed by atoms with van der Waals surface area (Å²) in [6.45, 7) is 1.80. The Morgan fingerprint density at radius 3 is 2.13 bits per heavy atom. The van der Waals surface area contributed by atoms with Crippen LogP contribution in [0.4, 0.5) is 4.39 Å². The van der Waals surface area contributed by atoms with Gasteiger partial charge in [-0.2, -0.15) is 0 Å². The van der Waals surface area contributed by atoms with E-state index < -0.39 is 0 Å². The summed E-state index contributed by atoms with van der Waals surface area (Å²) in [5.74, 6) is 1.23. The molecular weight excluding hydrogens is 291 g/mol. The highest BCUT2D eigenvalue weighted by molar-refractivity contribution is 5.95. The summed E-state index contributed by atoms with van der Waals surface area (Å²) in [6, 6.07) is 5.45. The van der Waals surface area contributed by atoms with Crippen LogP contribution in [0.2, 0.25) is 0 Å². The Hall–Kier alpha value is -1.42. The van der Waals surface area contributed by atoms with Gasteiger partial charge in [0.15, 0.2) is 0 Å². The molecule has 0 N–H and O–H groups in total. The standard InChI is InChI=1S/C19H27FN2O/c1-12-7-15(20)5-6-18(12)19(23)22(4)17-10-13-8-16(21(2)3)9-14(13)11-17/h5-7,13-14,16-17H,8-11H2,1-4H3/t13-,14+,16?,17?. The Kier molecular flexibility index (Phi) is 4.45. The molecular formula is C19H27FN2O. The monoisotopic (exact) mass is 318 g/mol.